The summed E-state index contributed by atoms with van der Waals surface area (Å²) in [4.78, 5) is 2.50. The van der Waals surface area contributed by atoms with E-state index in [9.17, 15) is 0 Å². The molecule has 0 saturated carbocycles. The van der Waals surface area contributed by atoms with Gasteiger partial charge in [0.1, 0.15) is 0 Å². The fraction of sp³-hybridized carbons (Fsp3) is 1.00. The Kier molecular flexibility index (Phi) is 9.12. The van der Waals surface area contributed by atoms with Crippen LogP contribution in [0.15, 0.2) is 0 Å². The average molecular weight is 214 g/mol. The van der Waals surface area contributed by atoms with Gasteiger partial charge >= 0.3 is 0 Å². The van der Waals surface area contributed by atoms with E-state index >= 15 is 0 Å². The van der Waals surface area contributed by atoms with Crippen LogP contribution < -0.4 is 5.32 Å². The van der Waals surface area contributed by atoms with E-state index in [2.05, 4.69) is 45.0 Å². The molecular weight excluding hydrogens is 184 g/mol. The van der Waals surface area contributed by atoms with Gasteiger partial charge in [0.15, 0.2) is 0 Å². The fourth-order valence-corrected chi connectivity index (χ4v) is 1.72. The van der Waals surface area contributed by atoms with E-state index in [1.54, 1.807) is 0 Å². The predicted octanol–water partition coefficient (Wildman–Crippen LogP) is 2.74. The Morgan fingerprint density at radius 3 is 2.40 bits per heavy atom. The van der Waals surface area contributed by atoms with Crippen LogP contribution in [0.4, 0.5) is 0 Å². The summed E-state index contributed by atoms with van der Waals surface area (Å²) in [6, 6.07) is 0.720. The molecule has 0 aromatic heterocycles. The summed E-state index contributed by atoms with van der Waals surface area (Å²) in [6.07, 6.45) is 3.88. The Hall–Kier alpha value is -0.0800. The summed E-state index contributed by atoms with van der Waals surface area (Å²) >= 11 is 0. The van der Waals surface area contributed by atoms with Crippen molar-refractivity contribution in [2.24, 2.45) is 5.92 Å². The van der Waals surface area contributed by atoms with Crippen LogP contribution in [0.1, 0.15) is 47.0 Å². The van der Waals surface area contributed by atoms with Gasteiger partial charge < -0.3 is 10.2 Å². The molecule has 0 bridgehead atoms. The highest BCUT2D eigenvalue weighted by Gasteiger charge is 2.10. The molecule has 2 heteroatoms. The molecule has 0 radical (unpaired) electrons. The van der Waals surface area contributed by atoms with Crippen LogP contribution in [-0.2, 0) is 0 Å². The lowest BCUT2D eigenvalue weighted by Crippen LogP contribution is -2.33. The molecule has 0 saturated heterocycles. The molecule has 15 heavy (non-hydrogen) atoms. The lowest BCUT2D eigenvalue weighted by molar-refractivity contribution is 0.210. The maximum absolute atomic E-state index is 3.38. The highest BCUT2D eigenvalue weighted by Crippen LogP contribution is 2.09. The highest BCUT2D eigenvalue weighted by atomic mass is 15.1. The maximum Gasteiger partial charge on any atom is 0.00644 e. The zero-order valence-corrected chi connectivity index (χ0v) is 11.3. The summed E-state index contributed by atoms with van der Waals surface area (Å²) in [7, 11) is 2.25. The fourth-order valence-electron chi connectivity index (χ4n) is 1.72. The minimum atomic E-state index is 0.720. The normalized spacial score (nSPS) is 15.6. The van der Waals surface area contributed by atoms with Gasteiger partial charge in [0.05, 0.1) is 0 Å². The molecule has 0 spiro atoms. The second-order valence-corrected chi connectivity index (χ2v) is 4.80. The summed E-state index contributed by atoms with van der Waals surface area (Å²) in [5.74, 6) is 0.825. The molecule has 0 fully saturated rings. The van der Waals surface area contributed by atoms with Crippen molar-refractivity contribution in [1.29, 1.82) is 0 Å². The lowest BCUT2D eigenvalue weighted by Gasteiger charge is -2.27. The van der Waals surface area contributed by atoms with Gasteiger partial charge in [-0.05, 0) is 45.8 Å². The molecule has 0 aromatic carbocycles. The molecule has 0 rings (SSSR count). The summed E-state index contributed by atoms with van der Waals surface area (Å²) < 4.78 is 0. The third kappa shape index (κ3) is 7.80. The smallest absolute Gasteiger partial charge is 0.00644 e. The minimum absolute atomic E-state index is 0.720. The Morgan fingerprint density at radius 2 is 1.87 bits per heavy atom. The van der Waals surface area contributed by atoms with E-state index in [0.717, 1.165) is 25.0 Å². The molecule has 1 N–H and O–H groups in total. The van der Waals surface area contributed by atoms with Gasteiger partial charge in [-0.2, -0.15) is 0 Å². The molecule has 2 nitrogen and oxygen atoms in total. The first-order valence-corrected chi connectivity index (χ1v) is 6.52. The third-order valence-corrected chi connectivity index (χ3v) is 3.27. The summed E-state index contributed by atoms with van der Waals surface area (Å²) in [5, 5.41) is 3.38. The Balaban J connectivity index is 3.55. The van der Waals surface area contributed by atoms with Crippen LogP contribution in [0.5, 0.6) is 0 Å². The van der Waals surface area contributed by atoms with Gasteiger partial charge in [-0.1, -0.05) is 27.2 Å². The lowest BCUT2D eigenvalue weighted by atomic mass is 10.1. The number of hydrogen-bond acceptors (Lipinski definition) is 2. The molecule has 0 aliphatic heterocycles. The molecular formula is C13H30N2. The Labute approximate surface area is 96.4 Å². The van der Waals surface area contributed by atoms with E-state index in [4.69, 9.17) is 0 Å². The van der Waals surface area contributed by atoms with Crippen LogP contribution in [0, 0.1) is 5.92 Å². The van der Waals surface area contributed by atoms with E-state index in [1.165, 1.54) is 25.8 Å². The molecule has 0 heterocycles. The SMILES string of the molecule is CCNCCCC(C)N(C)CC(C)CC. The van der Waals surface area contributed by atoms with Crippen molar-refractivity contribution in [3.8, 4) is 0 Å². The Morgan fingerprint density at radius 1 is 1.20 bits per heavy atom. The predicted molar refractivity (Wildman–Crippen MR) is 69.3 cm³/mol. The monoisotopic (exact) mass is 214 g/mol. The Bertz CT molecular complexity index is 136. The van der Waals surface area contributed by atoms with Crippen LogP contribution >= 0.6 is 0 Å². The van der Waals surface area contributed by atoms with Crippen LogP contribution in [0.25, 0.3) is 0 Å². The van der Waals surface area contributed by atoms with Gasteiger partial charge in [0.2, 0.25) is 0 Å². The second kappa shape index (κ2) is 9.17. The highest BCUT2D eigenvalue weighted by molar-refractivity contribution is 4.66. The van der Waals surface area contributed by atoms with E-state index in [-0.39, 0.29) is 0 Å². The molecule has 0 aliphatic carbocycles. The van der Waals surface area contributed by atoms with E-state index < -0.39 is 0 Å². The number of hydrogen-bond donors (Lipinski definition) is 1. The van der Waals surface area contributed by atoms with Crippen molar-refractivity contribution in [3.63, 3.8) is 0 Å². The van der Waals surface area contributed by atoms with Gasteiger partial charge in [-0.25, -0.2) is 0 Å². The van der Waals surface area contributed by atoms with E-state index in [1.807, 2.05) is 0 Å². The van der Waals surface area contributed by atoms with Crippen molar-refractivity contribution in [3.05, 3.63) is 0 Å². The number of nitrogens with zero attached hydrogens (tertiary/aromatic N) is 1. The largest absolute Gasteiger partial charge is 0.317 e. The zero-order valence-electron chi connectivity index (χ0n) is 11.3. The molecule has 0 aromatic rings. The van der Waals surface area contributed by atoms with Gasteiger partial charge in [-0.15, -0.1) is 0 Å². The zero-order chi connectivity index (χ0) is 11.7. The number of nitrogens with one attached hydrogen (secondary N) is 1. The third-order valence-electron chi connectivity index (χ3n) is 3.27. The molecule has 2 atom stereocenters. The molecule has 0 aliphatic rings. The summed E-state index contributed by atoms with van der Waals surface area (Å²) in [6.45, 7) is 12.6. The first-order valence-electron chi connectivity index (χ1n) is 6.52. The first kappa shape index (κ1) is 14.9. The van der Waals surface area contributed by atoms with Crippen molar-refractivity contribution in [1.82, 2.24) is 10.2 Å². The van der Waals surface area contributed by atoms with Crippen molar-refractivity contribution >= 4 is 0 Å². The van der Waals surface area contributed by atoms with Crippen LogP contribution in [0.3, 0.4) is 0 Å². The maximum atomic E-state index is 3.38. The van der Waals surface area contributed by atoms with E-state index in [0.29, 0.717) is 0 Å². The quantitative estimate of drug-likeness (QED) is 0.594. The first-order chi connectivity index (χ1) is 7.11. The average Bonchev–Trinajstić information content (AvgIpc) is 2.23. The van der Waals surface area contributed by atoms with Crippen molar-refractivity contribution < 1.29 is 0 Å². The van der Waals surface area contributed by atoms with Crippen molar-refractivity contribution in [2.75, 3.05) is 26.7 Å². The van der Waals surface area contributed by atoms with Crippen LogP contribution in [0.2, 0.25) is 0 Å². The minimum Gasteiger partial charge on any atom is -0.317 e. The van der Waals surface area contributed by atoms with Crippen molar-refractivity contribution in [2.45, 2.75) is 53.0 Å². The van der Waals surface area contributed by atoms with Gasteiger partial charge in [0.25, 0.3) is 0 Å². The molecule has 2 unspecified atom stereocenters. The van der Waals surface area contributed by atoms with Crippen LogP contribution in [-0.4, -0.2) is 37.6 Å². The topological polar surface area (TPSA) is 15.3 Å². The standard InChI is InChI=1S/C13H30N2/c1-6-12(3)11-15(5)13(4)9-8-10-14-7-2/h12-14H,6-11H2,1-5H3. The summed E-state index contributed by atoms with van der Waals surface area (Å²) in [5.41, 5.74) is 0. The second-order valence-electron chi connectivity index (χ2n) is 4.80. The van der Waals surface area contributed by atoms with Gasteiger partial charge in [-0.3, -0.25) is 0 Å². The molecule has 92 valence electrons. The number of rotatable bonds is 9. The van der Waals surface area contributed by atoms with Gasteiger partial charge in [0, 0.05) is 12.6 Å². The molecule has 0 amide bonds.